The summed E-state index contributed by atoms with van der Waals surface area (Å²) < 4.78 is 95.0. The van der Waals surface area contributed by atoms with E-state index >= 15 is 0 Å². The monoisotopic (exact) mass is 546 g/mol. The molecule has 0 aromatic heterocycles. The lowest BCUT2D eigenvalue weighted by Gasteiger charge is -2.16. The molecule has 0 spiro atoms. The average molecular weight is 546 g/mol. The Morgan fingerprint density at radius 1 is 0.949 bits per heavy atom. The second kappa shape index (κ2) is 11.1. The Morgan fingerprint density at radius 3 is 2.21 bits per heavy atom. The van der Waals surface area contributed by atoms with Gasteiger partial charge in [-0.2, -0.15) is 10.1 Å². The molecule has 0 unspecified atom stereocenters. The molecule has 1 heterocycles. The fourth-order valence-electron chi connectivity index (χ4n) is 3.94. The Balaban J connectivity index is 1.72. The van der Waals surface area contributed by atoms with E-state index < -0.39 is 46.5 Å². The minimum atomic E-state index is -2.35. The van der Waals surface area contributed by atoms with Crippen LogP contribution in [-0.4, -0.2) is 18.7 Å². The van der Waals surface area contributed by atoms with Crippen molar-refractivity contribution in [1.82, 2.24) is 0 Å². The van der Waals surface area contributed by atoms with E-state index in [1.54, 1.807) is 30.3 Å². The van der Waals surface area contributed by atoms with Crippen LogP contribution in [0, 0.1) is 34.9 Å². The second-order valence-corrected chi connectivity index (χ2v) is 8.36. The normalized spacial score (nSPS) is 14.2. The predicted molar refractivity (Wildman–Crippen MR) is 132 cm³/mol. The highest BCUT2D eigenvalue weighted by Crippen LogP contribution is 2.37. The van der Waals surface area contributed by atoms with Crippen molar-refractivity contribution in [2.24, 2.45) is 5.10 Å². The van der Waals surface area contributed by atoms with Crippen LogP contribution in [0.25, 0.3) is 6.08 Å². The molecule has 3 aromatic carbocycles. The molecule has 0 radical (unpaired) electrons. The lowest BCUT2D eigenvalue weighted by Crippen LogP contribution is -2.25. The zero-order valence-corrected chi connectivity index (χ0v) is 20.6. The van der Waals surface area contributed by atoms with Gasteiger partial charge in [-0.3, -0.25) is 4.79 Å². The van der Waals surface area contributed by atoms with Gasteiger partial charge in [0.25, 0.3) is 5.91 Å². The van der Waals surface area contributed by atoms with E-state index in [1.807, 2.05) is 0 Å². The second-order valence-electron chi connectivity index (χ2n) is 8.36. The van der Waals surface area contributed by atoms with E-state index in [0.29, 0.717) is 22.4 Å². The van der Waals surface area contributed by atoms with Crippen molar-refractivity contribution in [2.75, 3.05) is 12.1 Å². The summed E-state index contributed by atoms with van der Waals surface area (Å²) in [7, 11) is 1.37. The highest BCUT2D eigenvalue weighted by Gasteiger charge is 2.37. The summed E-state index contributed by atoms with van der Waals surface area (Å²) >= 11 is 0. The summed E-state index contributed by atoms with van der Waals surface area (Å²) in [4.78, 5) is 13.0. The maximum Gasteiger partial charge on any atom is 0.280 e. The van der Waals surface area contributed by atoms with Gasteiger partial charge in [0.05, 0.1) is 18.4 Å². The first-order valence-corrected chi connectivity index (χ1v) is 11.4. The fourth-order valence-corrected chi connectivity index (χ4v) is 3.94. The fraction of sp³-hybridized carbons (Fsp3) is 0.143. The van der Waals surface area contributed by atoms with Gasteiger partial charge in [0.2, 0.25) is 5.82 Å². The van der Waals surface area contributed by atoms with Gasteiger partial charge >= 0.3 is 0 Å². The van der Waals surface area contributed by atoms with Crippen LogP contribution in [0.1, 0.15) is 23.6 Å². The largest absolute Gasteiger partial charge is 0.493 e. The third-order valence-corrected chi connectivity index (χ3v) is 5.84. The molecule has 4 rings (SSSR count). The van der Waals surface area contributed by atoms with E-state index in [1.165, 1.54) is 32.2 Å². The molecule has 0 fully saturated rings. The minimum absolute atomic E-state index is 0.0342. The Labute approximate surface area is 219 Å². The summed E-state index contributed by atoms with van der Waals surface area (Å²) in [5, 5.41) is 3.86. The number of ether oxygens (including phenoxy) is 2. The molecular weight excluding hydrogens is 526 g/mol. The summed E-state index contributed by atoms with van der Waals surface area (Å²) in [5.74, 6) is -12.2. The standard InChI is InChI=1S/C28H20F6N2O3/c1-4-7-16-10-15(12-20(38-3)27(16)39-13-17-8-5-6-9-19(17)29)11-18-14(2)35-36(28(18)37)26-24(33)22(31)21(30)23(32)25(26)34/h4-6,8-12H,1,7,13H2,2-3H3/b18-11+. The minimum Gasteiger partial charge on any atom is -0.493 e. The van der Waals surface area contributed by atoms with Crippen LogP contribution in [0.3, 0.4) is 0 Å². The van der Waals surface area contributed by atoms with Crippen molar-refractivity contribution < 1.29 is 40.6 Å². The molecule has 1 amide bonds. The lowest BCUT2D eigenvalue weighted by molar-refractivity contribution is -0.114. The molecule has 0 saturated carbocycles. The van der Waals surface area contributed by atoms with Gasteiger partial charge in [-0.1, -0.05) is 24.3 Å². The molecule has 5 nitrogen and oxygen atoms in total. The van der Waals surface area contributed by atoms with Gasteiger partial charge in [0, 0.05) is 11.1 Å². The molecule has 202 valence electrons. The lowest BCUT2D eigenvalue weighted by atomic mass is 10.0. The zero-order valence-electron chi connectivity index (χ0n) is 20.6. The highest BCUT2D eigenvalue weighted by molar-refractivity contribution is 6.32. The van der Waals surface area contributed by atoms with Crippen molar-refractivity contribution in [3.05, 3.63) is 106 Å². The number of methoxy groups -OCH3 is 1. The number of allylic oxidation sites excluding steroid dienone is 1. The third kappa shape index (κ3) is 5.12. The molecule has 11 heteroatoms. The van der Waals surface area contributed by atoms with Crippen LogP contribution in [-0.2, 0) is 17.8 Å². The number of amides is 1. The third-order valence-electron chi connectivity index (χ3n) is 5.84. The van der Waals surface area contributed by atoms with Crippen molar-refractivity contribution >= 4 is 23.4 Å². The number of carbonyl (C=O) groups excluding carboxylic acids is 1. The number of anilines is 1. The van der Waals surface area contributed by atoms with E-state index in [2.05, 4.69) is 11.7 Å². The summed E-state index contributed by atoms with van der Waals surface area (Å²) in [6, 6.07) is 9.20. The number of carbonyl (C=O) groups is 1. The smallest absolute Gasteiger partial charge is 0.280 e. The van der Waals surface area contributed by atoms with Gasteiger partial charge in [-0.25, -0.2) is 26.3 Å². The molecule has 0 N–H and O–H groups in total. The number of hydrogen-bond acceptors (Lipinski definition) is 4. The first-order valence-electron chi connectivity index (χ1n) is 11.4. The van der Waals surface area contributed by atoms with Crippen LogP contribution in [0.2, 0.25) is 0 Å². The molecule has 1 aliphatic heterocycles. The summed E-state index contributed by atoms with van der Waals surface area (Å²) in [5.41, 5.74) is -0.435. The molecule has 3 aromatic rings. The Hall–Kier alpha value is -4.54. The molecule has 0 aliphatic carbocycles. The molecule has 1 aliphatic rings. The zero-order chi connectivity index (χ0) is 28.4. The van der Waals surface area contributed by atoms with Crippen LogP contribution in [0.5, 0.6) is 11.5 Å². The van der Waals surface area contributed by atoms with E-state index in [4.69, 9.17) is 9.47 Å². The molecule has 0 atom stereocenters. The molecular formula is C28H20F6N2O3. The summed E-state index contributed by atoms with van der Waals surface area (Å²) in [6.07, 6.45) is 3.20. The first kappa shape index (κ1) is 27.5. The van der Waals surface area contributed by atoms with Gasteiger partial charge in [0.15, 0.2) is 34.8 Å². The average Bonchev–Trinajstić information content (AvgIpc) is 3.19. The van der Waals surface area contributed by atoms with Gasteiger partial charge in [0.1, 0.15) is 18.1 Å². The highest BCUT2D eigenvalue weighted by atomic mass is 19.2. The number of hydrogen-bond donors (Lipinski definition) is 0. The Morgan fingerprint density at radius 2 is 1.59 bits per heavy atom. The molecule has 0 saturated heterocycles. The van der Waals surface area contributed by atoms with Crippen molar-refractivity contribution in [3.63, 3.8) is 0 Å². The van der Waals surface area contributed by atoms with Crippen molar-refractivity contribution in [2.45, 2.75) is 20.0 Å². The SMILES string of the molecule is C=CCc1cc(/C=C2/C(=O)N(c3c(F)c(F)c(F)c(F)c3F)N=C2C)cc(OC)c1OCc1ccccc1F. The maximum absolute atomic E-state index is 14.3. The van der Waals surface area contributed by atoms with Gasteiger partial charge in [-0.05, 0) is 43.2 Å². The first-order chi connectivity index (χ1) is 18.6. The summed E-state index contributed by atoms with van der Waals surface area (Å²) in [6.45, 7) is 4.95. The van der Waals surface area contributed by atoms with Crippen molar-refractivity contribution in [1.29, 1.82) is 0 Å². The van der Waals surface area contributed by atoms with Crippen LogP contribution in [0.15, 0.2) is 59.7 Å². The van der Waals surface area contributed by atoms with E-state index in [9.17, 15) is 31.1 Å². The number of nitrogens with zero attached hydrogens (tertiary/aromatic N) is 2. The van der Waals surface area contributed by atoms with Crippen molar-refractivity contribution in [3.8, 4) is 11.5 Å². The number of rotatable bonds is 8. The van der Waals surface area contributed by atoms with Crippen LogP contribution in [0.4, 0.5) is 32.0 Å². The maximum atomic E-state index is 14.3. The Bertz CT molecular complexity index is 1520. The Kier molecular flexibility index (Phi) is 7.80. The van der Waals surface area contributed by atoms with E-state index in [0.717, 1.165) is 0 Å². The quantitative estimate of drug-likeness (QED) is 0.105. The van der Waals surface area contributed by atoms with Crippen LogP contribution >= 0.6 is 0 Å². The molecule has 39 heavy (non-hydrogen) atoms. The van der Waals surface area contributed by atoms with Crippen LogP contribution < -0.4 is 14.5 Å². The number of benzene rings is 3. The predicted octanol–water partition coefficient (Wildman–Crippen LogP) is 6.64. The van der Waals surface area contributed by atoms with E-state index in [-0.39, 0.29) is 35.1 Å². The van der Waals surface area contributed by atoms with Gasteiger partial charge in [-0.15, -0.1) is 6.58 Å². The van der Waals surface area contributed by atoms with Gasteiger partial charge < -0.3 is 9.47 Å². The number of hydrazone groups is 1. The number of halogens is 6. The topological polar surface area (TPSA) is 51.1 Å². The molecule has 0 bridgehead atoms.